The Morgan fingerprint density at radius 2 is 1.83 bits per heavy atom. The van der Waals surface area contributed by atoms with E-state index in [-0.39, 0.29) is 0 Å². The van der Waals surface area contributed by atoms with Gasteiger partial charge in [0.1, 0.15) is 9.22 Å². The van der Waals surface area contributed by atoms with E-state index in [9.17, 15) is 8.42 Å². The summed E-state index contributed by atoms with van der Waals surface area (Å²) in [6.07, 6.45) is 0.877. The summed E-state index contributed by atoms with van der Waals surface area (Å²) >= 11 is 2.78. The van der Waals surface area contributed by atoms with Gasteiger partial charge in [0, 0.05) is 23.4 Å². The molecule has 0 saturated carbocycles. The third kappa shape index (κ3) is 3.24. The molecule has 0 spiro atoms. The van der Waals surface area contributed by atoms with Crippen molar-refractivity contribution in [3.05, 3.63) is 52.3 Å². The number of rotatable bonds is 5. The van der Waals surface area contributed by atoms with Crippen molar-refractivity contribution in [3.63, 3.8) is 0 Å². The van der Waals surface area contributed by atoms with Crippen LogP contribution in [0.1, 0.15) is 18.2 Å². The summed E-state index contributed by atoms with van der Waals surface area (Å²) in [7, 11) is -1.98. The SMILES string of the molecule is CCc1csc(-c2csc(S(=O)(=O)N(C)c3ccc(C)cc3)c2)n1. The van der Waals surface area contributed by atoms with Crippen LogP contribution in [0.4, 0.5) is 5.69 Å². The van der Waals surface area contributed by atoms with Crippen molar-refractivity contribution in [1.29, 1.82) is 0 Å². The van der Waals surface area contributed by atoms with Crippen molar-refractivity contribution in [2.24, 2.45) is 0 Å². The lowest BCUT2D eigenvalue weighted by Gasteiger charge is -2.18. The summed E-state index contributed by atoms with van der Waals surface area (Å²) in [5.74, 6) is 0. The first-order chi connectivity index (χ1) is 11.4. The molecular weight excluding hydrogens is 360 g/mol. The van der Waals surface area contributed by atoms with E-state index < -0.39 is 10.0 Å². The van der Waals surface area contributed by atoms with E-state index in [2.05, 4.69) is 11.9 Å². The van der Waals surface area contributed by atoms with Gasteiger partial charge < -0.3 is 0 Å². The lowest BCUT2D eigenvalue weighted by atomic mass is 10.2. The molecule has 0 saturated heterocycles. The zero-order chi connectivity index (χ0) is 17.3. The van der Waals surface area contributed by atoms with Crippen LogP contribution < -0.4 is 4.31 Å². The molecule has 126 valence electrons. The van der Waals surface area contributed by atoms with Crippen molar-refractivity contribution < 1.29 is 8.42 Å². The molecule has 0 unspecified atom stereocenters. The van der Waals surface area contributed by atoms with Crippen molar-refractivity contribution in [2.75, 3.05) is 11.4 Å². The average molecular weight is 379 g/mol. The molecule has 3 aromatic rings. The number of benzene rings is 1. The molecular formula is C17H18N2O2S3. The van der Waals surface area contributed by atoms with Crippen LogP contribution in [0.15, 0.2) is 45.3 Å². The van der Waals surface area contributed by atoms with E-state index in [1.807, 2.05) is 41.9 Å². The van der Waals surface area contributed by atoms with Crippen molar-refractivity contribution in [1.82, 2.24) is 4.98 Å². The molecule has 4 nitrogen and oxygen atoms in total. The number of sulfonamides is 1. The van der Waals surface area contributed by atoms with E-state index in [0.717, 1.165) is 28.2 Å². The molecule has 2 aromatic heterocycles. The minimum absolute atomic E-state index is 0.328. The van der Waals surface area contributed by atoms with Gasteiger partial charge in [0.2, 0.25) is 0 Å². The summed E-state index contributed by atoms with van der Waals surface area (Å²) < 4.78 is 27.3. The molecule has 1 aromatic carbocycles. The topological polar surface area (TPSA) is 50.3 Å². The Morgan fingerprint density at radius 1 is 1.12 bits per heavy atom. The van der Waals surface area contributed by atoms with E-state index >= 15 is 0 Å². The monoisotopic (exact) mass is 378 g/mol. The zero-order valence-corrected chi connectivity index (χ0v) is 16.1. The Hall–Kier alpha value is -1.70. The predicted molar refractivity (Wildman–Crippen MR) is 102 cm³/mol. The highest BCUT2D eigenvalue weighted by Crippen LogP contribution is 2.33. The Labute approximate surface area is 150 Å². The third-order valence-electron chi connectivity index (χ3n) is 3.75. The van der Waals surface area contributed by atoms with Crippen molar-refractivity contribution in [3.8, 4) is 10.6 Å². The lowest BCUT2D eigenvalue weighted by Crippen LogP contribution is -2.25. The summed E-state index contributed by atoms with van der Waals surface area (Å²) in [5.41, 5.74) is 3.64. The summed E-state index contributed by atoms with van der Waals surface area (Å²) in [6.45, 7) is 4.03. The van der Waals surface area contributed by atoms with Gasteiger partial charge in [-0.05, 0) is 31.5 Å². The Bertz CT molecular complexity index is 940. The molecule has 7 heteroatoms. The first-order valence-electron chi connectivity index (χ1n) is 7.50. The molecule has 2 heterocycles. The number of aryl methyl sites for hydroxylation is 2. The van der Waals surface area contributed by atoms with Crippen LogP contribution in [0.25, 0.3) is 10.6 Å². The first-order valence-corrected chi connectivity index (χ1v) is 10.7. The number of hydrogen-bond donors (Lipinski definition) is 0. The quantitative estimate of drug-likeness (QED) is 0.653. The molecule has 24 heavy (non-hydrogen) atoms. The van der Waals surface area contributed by atoms with Gasteiger partial charge in [0.05, 0.1) is 11.4 Å². The highest BCUT2D eigenvalue weighted by Gasteiger charge is 2.24. The van der Waals surface area contributed by atoms with Gasteiger partial charge in [-0.2, -0.15) is 0 Å². The van der Waals surface area contributed by atoms with Crippen LogP contribution in [0.2, 0.25) is 0 Å². The van der Waals surface area contributed by atoms with Crippen LogP contribution in [-0.2, 0) is 16.4 Å². The third-order valence-corrected chi connectivity index (χ3v) is 7.89. The number of thiophene rings is 1. The molecule has 0 fully saturated rings. The highest BCUT2D eigenvalue weighted by molar-refractivity contribution is 7.94. The van der Waals surface area contributed by atoms with Gasteiger partial charge in [0.25, 0.3) is 10.0 Å². The van der Waals surface area contributed by atoms with Crippen LogP contribution in [0.3, 0.4) is 0 Å². The maximum Gasteiger partial charge on any atom is 0.273 e. The molecule has 0 aliphatic carbocycles. The number of aromatic nitrogens is 1. The number of thiazole rings is 1. The number of nitrogens with zero attached hydrogens (tertiary/aromatic N) is 2. The summed E-state index contributed by atoms with van der Waals surface area (Å²) in [6, 6.07) is 9.15. The van der Waals surface area contributed by atoms with Crippen LogP contribution >= 0.6 is 22.7 Å². The second kappa shape index (κ2) is 6.66. The molecule has 0 aliphatic heterocycles. The minimum Gasteiger partial charge on any atom is -0.269 e. The normalized spacial score (nSPS) is 11.6. The van der Waals surface area contributed by atoms with E-state index in [1.54, 1.807) is 24.5 Å². The van der Waals surface area contributed by atoms with Gasteiger partial charge in [-0.3, -0.25) is 4.31 Å². The van der Waals surface area contributed by atoms with Gasteiger partial charge in [-0.1, -0.05) is 24.6 Å². The van der Waals surface area contributed by atoms with Crippen LogP contribution in [-0.4, -0.2) is 20.4 Å². The molecule has 0 bridgehead atoms. The summed E-state index contributed by atoms with van der Waals surface area (Å²) in [4.78, 5) is 4.52. The smallest absolute Gasteiger partial charge is 0.269 e. The van der Waals surface area contributed by atoms with Gasteiger partial charge in [0.15, 0.2) is 0 Å². The van der Waals surface area contributed by atoms with E-state index in [1.165, 1.54) is 15.6 Å². The van der Waals surface area contributed by atoms with Gasteiger partial charge in [-0.25, -0.2) is 13.4 Å². The molecule has 0 N–H and O–H groups in total. The standard InChI is InChI=1S/C17H18N2O2S3/c1-4-14-11-23-17(18-14)13-9-16(22-10-13)24(20,21)19(3)15-7-5-12(2)6-8-15/h5-11H,4H2,1-3H3. The first kappa shape index (κ1) is 17.1. The molecule has 0 atom stereocenters. The molecule has 3 rings (SSSR count). The van der Waals surface area contributed by atoms with Crippen molar-refractivity contribution >= 4 is 38.4 Å². The van der Waals surface area contributed by atoms with Gasteiger partial charge in [-0.15, -0.1) is 22.7 Å². The second-order valence-electron chi connectivity index (χ2n) is 5.46. The molecule has 0 radical (unpaired) electrons. The lowest BCUT2D eigenvalue weighted by molar-refractivity contribution is 0.596. The maximum atomic E-state index is 12.8. The van der Waals surface area contributed by atoms with Crippen LogP contribution in [0, 0.1) is 6.92 Å². The fourth-order valence-electron chi connectivity index (χ4n) is 2.19. The zero-order valence-electron chi connectivity index (χ0n) is 13.7. The van der Waals surface area contributed by atoms with Gasteiger partial charge >= 0.3 is 0 Å². The number of hydrogen-bond acceptors (Lipinski definition) is 5. The largest absolute Gasteiger partial charge is 0.273 e. The summed E-state index contributed by atoms with van der Waals surface area (Å²) in [5, 5.41) is 4.73. The highest BCUT2D eigenvalue weighted by atomic mass is 32.2. The fourth-order valence-corrected chi connectivity index (χ4v) is 5.69. The Morgan fingerprint density at radius 3 is 2.46 bits per heavy atom. The second-order valence-corrected chi connectivity index (χ2v) is 9.43. The Balaban J connectivity index is 1.91. The maximum absolute atomic E-state index is 12.8. The predicted octanol–water partition coefficient (Wildman–Crippen LogP) is 4.57. The van der Waals surface area contributed by atoms with E-state index in [4.69, 9.17) is 0 Å². The Kier molecular flexibility index (Phi) is 4.76. The number of anilines is 1. The minimum atomic E-state index is -3.56. The van der Waals surface area contributed by atoms with E-state index in [0.29, 0.717) is 9.90 Å². The van der Waals surface area contributed by atoms with Crippen LogP contribution in [0.5, 0.6) is 0 Å². The van der Waals surface area contributed by atoms with Crippen molar-refractivity contribution in [2.45, 2.75) is 24.5 Å². The average Bonchev–Trinajstić information content (AvgIpc) is 3.24. The fraction of sp³-hybridized carbons (Fsp3) is 0.235. The molecule has 0 amide bonds. The molecule has 0 aliphatic rings.